The van der Waals surface area contributed by atoms with Gasteiger partial charge >= 0.3 is 0 Å². The van der Waals surface area contributed by atoms with E-state index < -0.39 is 0 Å². The lowest BCUT2D eigenvalue weighted by Gasteiger charge is -2.23. The summed E-state index contributed by atoms with van der Waals surface area (Å²) in [5.41, 5.74) is 1.40. The lowest BCUT2D eigenvalue weighted by Crippen LogP contribution is -2.36. The molecule has 2 aliphatic rings. The Morgan fingerprint density at radius 2 is 1.90 bits per heavy atom. The maximum absolute atomic E-state index is 4.87. The zero-order chi connectivity index (χ0) is 14.1. The zero-order valence-corrected chi connectivity index (χ0v) is 12.9. The van der Waals surface area contributed by atoms with Crippen molar-refractivity contribution in [1.29, 1.82) is 0 Å². The minimum atomic E-state index is 0.536. The first-order valence-electron chi connectivity index (χ1n) is 7.84. The highest BCUT2D eigenvalue weighted by Gasteiger charge is 2.30. The number of fused-ring (bicyclic) bond motifs is 2. The van der Waals surface area contributed by atoms with Crippen LogP contribution in [-0.2, 0) is 5.75 Å². The van der Waals surface area contributed by atoms with E-state index in [4.69, 9.17) is 4.99 Å². The summed E-state index contributed by atoms with van der Waals surface area (Å²) in [6, 6.07) is 16.3. The first-order valence-corrected chi connectivity index (χ1v) is 8.82. The van der Waals surface area contributed by atoms with Gasteiger partial charge in [-0.3, -0.25) is 4.99 Å². The lowest BCUT2D eigenvalue weighted by atomic mass is 9.92. The summed E-state index contributed by atoms with van der Waals surface area (Å²) >= 11 is 1.86. The summed E-state index contributed by atoms with van der Waals surface area (Å²) in [7, 11) is 0. The fraction of sp³-hybridized carbons (Fsp3) is 0.389. The predicted octanol–water partition coefficient (Wildman–Crippen LogP) is 4.34. The van der Waals surface area contributed by atoms with Crippen LogP contribution in [0.2, 0.25) is 0 Å². The molecule has 2 aromatic rings. The molecule has 3 heteroatoms. The topological polar surface area (TPSA) is 24.4 Å². The van der Waals surface area contributed by atoms with E-state index in [9.17, 15) is 0 Å². The highest BCUT2D eigenvalue weighted by Crippen LogP contribution is 2.29. The standard InChI is InChI=1S/C18H20N2S/c1-2-9-15-13(6-1)7-5-8-14(15)12-21-18-19-16-10-3-4-11-17(16)20-18/h1-2,5-9,16-17H,3-4,10-12H2,(H,19,20)/t16-,17-/m1/s1. The van der Waals surface area contributed by atoms with Gasteiger partial charge in [0.2, 0.25) is 0 Å². The normalized spacial score (nSPS) is 24.5. The van der Waals surface area contributed by atoms with Crippen LogP contribution < -0.4 is 5.32 Å². The van der Waals surface area contributed by atoms with Crippen LogP contribution >= 0.6 is 11.8 Å². The molecule has 1 aliphatic heterocycles. The molecule has 4 rings (SSSR count). The number of thioether (sulfide) groups is 1. The molecule has 0 spiro atoms. The van der Waals surface area contributed by atoms with Crippen molar-refractivity contribution in [1.82, 2.24) is 5.32 Å². The molecule has 1 saturated carbocycles. The van der Waals surface area contributed by atoms with Gasteiger partial charge in [0, 0.05) is 5.75 Å². The molecular formula is C18H20N2S. The predicted molar refractivity (Wildman–Crippen MR) is 91.9 cm³/mol. The van der Waals surface area contributed by atoms with Gasteiger partial charge in [-0.1, -0.05) is 67.1 Å². The smallest absolute Gasteiger partial charge is 0.157 e. The van der Waals surface area contributed by atoms with Gasteiger partial charge in [-0.2, -0.15) is 0 Å². The van der Waals surface area contributed by atoms with Crippen molar-refractivity contribution < 1.29 is 0 Å². The molecule has 1 N–H and O–H groups in total. The van der Waals surface area contributed by atoms with Crippen LogP contribution in [0.3, 0.4) is 0 Å². The quantitative estimate of drug-likeness (QED) is 0.891. The number of benzene rings is 2. The van der Waals surface area contributed by atoms with E-state index in [-0.39, 0.29) is 0 Å². The second-order valence-corrected chi connectivity index (χ2v) is 6.93. The van der Waals surface area contributed by atoms with Crippen LogP contribution in [0, 0.1) is 0 Å². The summed E-state index contributed by atoms with van der Waals surface area (Å²) in [5.74, 6) is 0.993. The monoisotopic (exact) mass is 296 g/mol. The van der Waals surface area contributed by atoms with E-state index in [0.29, 0.717) is 12.1 Å². The van der Waals surface area contributed by atoms with Crippen molar-refractivity contribution in [2.75, 3.05) is 0 Å². The molecule has 21 heavy (non-hydrogen) atoms. The summed E-state index contributed by atoms with van der Waals surface area (Å²) < 4.78 is 0. The number of hydrogen-bond donors (Lipinski definition) is 1. The van der Waals surface area contributed by atoms with Crippen LogP contribution in [0.25, 0.3) is 10.8 Å². The van der Waals surface area contributed by atoms with Gasteiger partial charge in [-0.05, 0) is 29.2 Å². The molecule has 108 valence electrons. The van der Waals surface area contributed by atoms with Gasteiger partial charge in [0.1, 0.15) is 0 Å². The van der Waals surface area contributed by atoms with Gasteiger partial charge < -0.3 is 5.32 Å². The van der Waals surface area contributed by atoms with Gasteiger partial charge in [0.25, 0.3) is 0 Å². The summed E-state index contributed by atoms with van der Waals surface area (Å²) in [5, 5.41) is 7.47. The van der Waals surface area contributed by atoms with Crippen LogP contribution in [0.4, 0.5) is 0 Å². The lowest BCUT2D eigenvalue weighted by molar-refractivity contribution is 0.385. The average Bonchev–Trinajstić information content (AvgIpc) is 2.96. The largest absolute Gasteiger partial charge is 0.360 e. The first-order chi connectivity index (χ1) is 10.4. The van der Waals surface area contributed by atoms with Crippen molar-refractivity contribution >= 4 is 27.7 Å². The molecule has 0 amide bonds. The van der Waals surface area contributed by atoms with Gasteiger partial charge in [0.05, 0.1) is 12.1 Å². The summed E-state index contributed by atoms with van der Waals surface area (Å²) in [4.78, 5) is 4.87. The Bertz CT molecular complexity index is 674. The molecule has 1 heterocycles. The molecule has 0 bridgehead atoms. The Morgan fingerprint density at radius 3 is 2.86 bits per heavy atom. The van der Waals surface area contributed by atoms with Crippen molar-refractivity contribution in [3.05, 3.63) is 48.0 Å². The number of rotatable bonds is 2. The van der Waals surface area contributed by atoms with Crippen LogP contribution in [0.15, 0.2) is 47.5 Å². The van der Waals surface area contributed by atoms with Gasteiger partial charge in [-0.25, -0.2) is 0 Å². The Hall–Kier alpha value is -1.48. The molecule has 2 aromatic carbocycles. The van der Waals surface area contributed by atoms with E-state index in [1.54, 1.807) is 0 Å². The van der Waals surface area contributed by atoms with E-state index in [1.807, 2.05) is 11.8 Å². The Labute approximate surface area is 130 Å². The summed E-state index contributed by atoms with van der Waals surface area (Å²) in [6.45, 7) is 0. The molecular weight excluding hydrogens is 276 g/mol. The molecule has 0 radical (unpaired) electrons. The van der Waals surface area contributed by atoms with Crippen molar-refractivity contribution in [3.8, 4) is 0 Å². The van der Waals surface area contributed by atoms with Crippen molar-refractivity contribution in [2.24, 2.45) is 4.99 Å². The average molecular weight is 296 g/mol. The van der Waals surface area contributed by atoms with E-state index in [2.05, 4.69) is 47.8 Å². The van der Waals surface area contributed by atoms with Crippen LogP contribution in [-0.4, -0.2) is 17.3 Å². The molecule has 1 fully saturated rings. The second kappa shape index (κ2) is 5.72. The van der Waals surface area contributed by atoms with E-state index in [0.717, 1.165) is 10.9 Å². The third-order valence-electron chi connectivity index (χ3n) is 4.57. The number of nitrogens with zero attached hydrogens (tertiary/aromatic N) is 1. The molecule has 1 aliphatic carbocycles. The molecule has 2 nitrogen and oxygen atoms in total. The number of nitrogens with one attached hydrogen (secondary N) is 1. The van der Waals surface area contributed by atoms with E-state index in [1.165, 1.54) is 42.0 Å². The second-order valence-electron chi connectivity index (χ2n) is 5.96. The Morgan fingerprint density at radius 1 is 1.05 bits per heavy atom. The molecule has 0 aromatic heterocycles. The van der Waals surface area contributed by atoms with Crippen molar-refractivity contribution in [3.63, 3.8) is 0 Å². The Kier molecular flexibility index (Phi) is 3.60. The third kappa shape index (κ3) is 2.67. The minimum Gasteiger partial charge on any atom is -0.360 e. The maximum Gasteiger partial charge on any atom is 0.157 e. The van der Waals surface area contributed by atoms with Crippen molar-refractivity contribution in [2.45, 2.75) is 43.5 Å². The summed E-state index contributed by atoms with van der Waals surface area (Å²) in [6.07, 6.45) is 5.24. The third-order valence-corrected chi connectivity index (χ3v) is 5.52. The number of amidine groups is 1. The molecule has 0 unspecified atom stereocenters. The van der Waals surface area contributed by atoms with E-state index >= 15 is 0 Å². The zero-order valence-electron chi connectivity index (χ0n) is 12.1. The highest BCUT2D eigenvalue weighted by molar-refractivity contribution is 8.13. The van der Waals surface area contributed by atoms with Gasteiger partial charge in [-0.15, -0.1) is 0 Å². The number of hydrogen-bond acceptors (Lipinski definition) is 3. The maximum atomic E-state index is 4.87. The molecule has 0 saturated heterocycles. The van der Waals surface area contributed by atoms with Crippen LogP contribution in [0.1, 0.15) is 31.2 Å². The fourth-order valence-electron chi connectivity index (χ4n) is 3.42. The Balaban J connectivity index is 1.49. The van der Waals surface area contributed by atoms with Gasteiger partial charge in [0.15, 0.2) is 5.17 Å². The SMILES string of the molecule is c1ccc2c(CSC3=N[C@@H]4CCCC[C@H]4N3)cccc2c1. The highest BCUT2D eigenvalue weighted by atomic mass is 32.2. The first kappa shape index (κ1) is 13.2. The number of aliphatic imine (C=N–C) groups is 1. The minimum absolute atomic E-state index is 0.536. The molecule has 2 atom stereocenters. The fourth-order valence-corrected chi connectivity index (χ4v) is 4.41. The van der Waals surface area contributed by atoms with Crippen LogP contribution in [0.5, 0.6) is 0 Å².